The van der Waals surface area contributed by atoms with Gasteiger partial charge in [0.15, 0.2) is 5.75 Å². The Hall–Kier alpha value is -2.60. The van der Waals surface area contributed by atoms with E-state index in [9.17, 15) is 19.8 Å². The first-order valence-corrected chi connectivity index (χ1v) is 8.40. The maximum absolute atomic E-state index is 11.8. The maximum Gasteiger partial charge on any atom is 0.341 e. The third-order valence-corrected chi connectivity index (χ3v) is 4.61. The van der Waals surface area contributed by atoms with Gasteiger partial charge >= 0.3 is 5.97 Å². The normalized spacial score (nSPS) is 20.3. The van der Waals surface area contributed by atoms with Crippen LogP contribution in [0.1, 0.15) is 47.6 Å². The molecule has 0 bridgehead atoms. The van der Waals surface area contributed by atoms with E-state index in [1.165, 1.54) is 12.4 Å². The maximum atomic E-state index is 11.8. The standard InChI is InChI=1S/C19H21NO5/c21-16-11-20(10-14(18(16)22)19(23)24)15-8-4-5-9-17(15)25-12-13-6-2-1-3-7-13/h1-3,6-7,10-11,15,17,21H,4-5,8-9,12H2,(H,23,24)/t15-,17-/m0/s1. The molecule has 25 heavy (non-hydrogen) atoms. The molecule has 1 fully saturated rings. The van der Waals surface area contributed by atoms with Crippen molar-refractivity contribution < 1.29 is 19.7 Å². The first kappa shape index (κ1) is 17.2. The number of aromatic hydroxyl groups is 1. The van der Waals surface area contributed by atoms with E-state index in [1.807, 2.05) is 30.3 Å². The highest BCUT2D eigenvalue weighted by molar-refractivity contribution is 5.87. The highest BCUT2D eigenvalue weighted by Gasteiger charge is 2.28. The second-order valence-corrected chi connectivity index (χ2v) is 6.33. The van der Waals surface area contributed by atoms with Crippen molar-refractivity contribution in [3.63, 3.8) is 0 Å². The molecule has 0 unspecified atom stereocenters. The van der Waals surface area contributed by atoms with Crippen LogP contribution in [0.15, 0.2) is 47.5 Å². The summed E-state index contributed by atoms with van der Waals surface area (Å²) in [5.74, 6) is -1.89. The lowest BCUT2D eigenvalue weighted by Crippen LogP contribution is -2.31. The molecule has 2 atom stereocenters. The van der Waals surface area contributed by atoms with E-state index in [4.69, 9.17) is 4.74 Å². The molecule has 1 aromatic heterocycles. The van der Waals surface area contributed by atoms with E-state index in [2.05, 4.69) is 0 Å². The van der Waals surface area contributed by atoms with Gasteiger partial charge in [-0.25, -0.2) is 4.79 Å². The molecule has 0 amide bonds. The van der Waals surface area contributed by atoms with Gasteiger partial charge in [-0.1, -0.05) is 43.2 Å². The number of pyridine rings is 1. The molecule has 6 nitrogen and oxygen atoms in total. The summed E-state index contributed by atoms with van der Waals surface area (Å²) in [5.41, 5.74) is -0.213. The molecule has 1 heterocycles. The third-order valence-electron chi connectivity index (χ3n) is 4.61. The molecule has 2 aromatic rings. The molecule has 0 aliphatic heterocycles. The van der Waals surface area contributed by atoms with Crippen molar-refractivity contribution in [1.82, 2.24) is 4.57 Å². The first-order valence-electron chi connectivity index (χ1n) is 8.40. The Kier molecular flexibility index (Phi) is 5.19. The van der Waals surface area contributed by atoms with Crippen molar-refractivity contribution >= 4 is 5.97 Å². The zero-order chi connectivity index (χ0) is 17.8. The number of benzene rings is 1. The van der Waals surface area contributed by atoms with Crippen LogP contribution in [0.3, 0.4) is 0 Å². The first-order chi connectivity index (χ1) is 12.1. The van der Waals surface area contributed by atoms with Gasteiger partial charge in [-0.05, 0) is 18.4 Å². The van der Waals surface area contributed by atoms with Gasteiger partial charge in [-0.3, -0.25) is 4.79 Å². The fourth-order valence-electron chi connectivity index (χ4n) is 3.32. The summed E-state index contributed by atoms with van der Waals surface area (Å²) >= 11 is 0. The number of carboxylic acids is 1. The third kappa shape index (κ3) is 3.91. The van der Waals surface area contributed by atoms with Gasteiger partial charge in [0, 0.05) is 6.20 Å². The van der Waals surface area contributed by atoms with Gasteiger partial charge in [0.1, 0.15) is 5.56 Å². The minimum absolute atomic E-state index is 0.0995. The number of nitrogens with zero attached hydrogens (tertiary/aromatic N) is 1. The summed E-state index contributed by atoms with van der Waals surface area (Å²) in [5, 5.41) is 19.0. The summed E-state index contributed by atoms with van der Waals surface area (Å²) in [4.78, 5) is 23.0. The van der Waals surface area contributed by atoms with Gasteiger partial charge in [0.05, 0.1) is 24.9 Å². The minimum atomic E-state index is -1.34. The van der Waals surface area contributed by atoms with Crippen LogP contribution in [0.4, 0.5) is 0 Å². The minimum Gasteiger partial charge on any atom is -0.503 e. The number of aromatic carboxylic acids is 1. The van der Waals surface area contributed by atoms with Crippen LogP contribution in [-0.2, 0) is 11.3 Å². The number of carbonyl (C=O) groups is 1. The fourth-order valence-corrected chi connectivity index (χ4v) is 3.32. The van der Waals surface area contributed by atoms with Crippen molar-refractivity contribution in [2.45, 2.75) is 44.4 Å². The predicted octanol–water partition coefficient (Wildman–Crippen LogP) is 2.95. The number of hydrogen-bond acceptors (Lipinski definition) is 4. The molecule has 132 valence electrons. The summed E-state index contributed by atoms with van der Waals surface area (Å²) in [6.07, 6.45) is 6.20. The van der Waals surface area contributed by atoms with Crippen LogP contribution < -0.4 is 5.43 Å². The van der Waals surface area contributed by atoms with E-state index in [0.29, 0.717) is 6.61 Å². The molecule has 0 spiro atoms. The van der Waals surface area contributed by atoms with E-state index < -0.39 is 22.7 Å². The summed E-state index contributed by atoms with van der Waals surface area (Å²) in [6, 6.07) is 9.73. The topological polar surface area (TPSA) is 88.8 Å². The monoisotopic (exact) mass is 343 g/mol. The average Bonchev–Trinajstić information content (AvgIpc) is 2.63. The van der Waals surface area contributed by atoms with Crippen molar-refractivity contribution in [2.24, 2.45) is 0 Å². The predicted molar refractivity (Wildman–Crippen MR) is 91.9 cm³/mol. The van der Waals surface area contributed by atoms with Crippen LogP contribution in [0, 0.1) is 0 Å². The largest absolute Gasteiger partial charge is 0.503 e. The van der Waals surface area contributed by atoms with Gasteiger partial charge in [0.25, 0.3) is 0 Å². The molecule has 0 radical (unpaired) electrons. The second kappa shape index (κ2) is 7.53. The number of hydrogen-bond donors (Lipinski definition) is 2. The second-order valence-electron chi connectivity index (χ2n) is 6.33. The molecule has 6 heteroatoms. The molecule has 1 aliphatic rings. The number of aromatic nitrogens is 1. The highest BCUT2D eigenvalue weighted by Crippen LogP contribution is 2.32. The Balaban J connectivity index is 1.83. The van der Waals surface area contributed by atoms with E-state index >= 15 is 0 Å². The van der Waals surface area contributed by atoms with Crippen LogP contribution in [0.5, 0.6) is 5.75 Å². The van der Waals surface area contributed by atoms with Crippen molar-refractivity contribution in [3.8, 4) is 5.75 Å². The molecule has 1 saturated carbocycles. The Morgan fingerprint density at radius 2 is 1.88 bits per heavy atom. The fraction of sp³-hybridized carbons (Fsp3) is 0.368. The lowest BCUT2D eigenvalue weighted by Gasteiger charge is -2.33. The van der Waals surface area contributed by atoms with E-state index in [-0.39, 0.29) is 12.1 Å². The summed E-state index contributed by atoms with van der Waals surface area (Å²) < 4.78 is 7.70. The van der Waals surface area contributed by atoms with Crippen LogP contribution in [0.25, 0.3) is 0 Å². The van der Waals surface area contributed by atoms with Gasteiger partial charge in [0.2, 0.25) is 5.43 Å². The average molecular weight is 343 g/mol. The lowest BCUT2D eigenvalue weighted by molar-refractivity contribution is -0.0166. The summed E-state index contributed by atoms with van der Waals surface area (Å²) in [6.45, 7) is 0.472. The zero-order valence-electron chi connectivity index (χ0n) is 13.8. The van der Waals surface area contributed by atoms with Crippen LogP contribution >= 0.6 is 0 Å². The van der Waals surface area contributed by atoms with Crippen molar-refractivity contribution in [2.75, 3.05) is 0 Å². The number of rotatable bonds is 5. The molecule has 1 aromatic carbocycles. The molecule has 1 aliphatic carbocycles. The van der Waals surface area contributed by atoms with Gasteiger partial charge < -0.3 is 19.5 Å². The van der Waals surface area contributed by atoms with Crippen LogP contribution in [-0.4, -0.2) is 26.9 Å². The van der Waals surface area contributed by atoms with Crippen molar-refractivity contribution in [1.29, 1.82) is 0 Å². The highest BCUT2D eigenvalue weighted by atomic mass is 16.5. The number of ether oxygens (including phenoxy) is 1. The Bertz CT molecular complexity index is 799. The molecule has 0 saturated heterocycles. The number of carboxylic acid groups (broad SMARTS) is 1. The Morgan fingerprint density at radius 1 is 1.16 bits per heavy atom. The smallest absolute Gasteiger partial charge is 0.341 e. The Morgan fingerprint density at radius 3 is 2.60 bits per heavy atom. The SMILES string of the molecule is O=C(O)c1cn([C@H]2CCCC[C@@H]2OCc2ccccc2)cc(O)c1=O. The van der Waals surface area contributed by atoms with Gasteiger partial charge in [-0.2, -0.15) is 0 Å². The lowest BCUT2D eigenvalue weighted by atomic mass is 9.92. The molecular formula is C19H21NO5. The van der Waals surface area contributed by atoms with Gasteiger partial charge in [-0.15, -0.1) is 0 Å². The zero-order valence-corrected chi connectivity index (χ0v) is 13.8. The quantitative estimate of drug-likeness (QED) is 0.871. The van der Waals surface area contributed by atoms with Crippen LogP contribution in [0.2, 0.25) is 0 Å². The molecule has 3 rings (SSSR count). The summed E-state index contributed by atoms with van der Waals surface area (Å²) in [7, 11) is 0. The molecule has 2 N–H and O–H groups in total. The van der Waals surface area contributed by atoms with E-state index in [1.54, 1.807) is 4.57 Å². The van der Waals surface area contributed by atoms with Crippen molar-refractivity contribution in [3.05, 3.63) is 64.1 Å². The van der Waals surface area contributed by atoms with E-state index in [0.717, 1.165) is 31.2 Å². The Labute approximate surface area is 145 Å². The molecular weight excluding hydrogens is 322 g/mol.